The van der Waals surface area contributed by atoms with Crippen molar-refractivity contribution >= 4 is 5.69 Å². The summed E-state index contributed by atoms with van der Waals surface area (Å²) in [6.07, 6.45) is 3.27. The van der Waals surface area contributed by atoms with E-state index >= 15 is 0 Å². The third-order valence-electron chi connectivity index (χ3n) is 4.16. The fourth-order valence-electron chi connectivity index (χ4n) is 3.08. The van der Waals surface area contributed by atoms with E-state index in [0.717, 1.165) is 40.6 Å². The standard InChI is InChI=1S/C18H14FN3O3/c19-15-9-20-21(11-15)10-12-6-14-4-5-25-18(14)17(7-12)13-2-1-3-16(8-13)22(23)24/h1-3,6-9,11H,4-5,10H2. The van der Waals surface area contributed by atoms with Gasteiger partial charge in [0.15, 0.2) is 5.82 Å². The summed E-state index contributed by atoms with van der Waals surface area (Å²) >= 11 is 0. The molecule has 25 heavy (non-hydrogen) atoms. The van der Waals surface area contributed by atoms with Gasteiger partial charge in [0.05, 0.1) is 30.5 Å². The van der Waals surface area contributed by atoms with Gasteiger partial charge in [-0.25, -0.2) is 4.39 Å². The number of halogens is 1. The molecule has 4 rings (SSSR count). The lowest BCUT2D eigenvalue weighted by Gasteiger charge is -2.12. The highest BCUT2D eigenvalue weighted by Crippen LogP contribution is 2.39. The van der Waals surface area contributed by atoms with Crippen molar-refractivity contribution in [1.29, 1.82) is 0 Å². The van der Waals surface area contributed by atoms with E-state index in [1.165, 1.54) is 23.0 Å². The Morgan fingerprint density at radius 1 is 1.32 bits per heavy atom. The largest absolute Gasteiger partial charge is 0.492 e. The van der Waals surface area contributed by atoms with Crippen LogP contribution in [0.15, 0.2) is 48.8 Å². The third-order valence-corrected chi connectivity index (χ3v) is 4.16. The Morgan fingerprint density at radius 3 is 2.96 bits per heavy atom. The zero-order valence-electron chi connectivity index (χ0n) is 13.2. The van der Waals surface area contributed by atoms with Crippen LogP contribution in [0, 0.1) is 15.9 Å². The van der Waals surface area contributed by atoms with Gasteiger partial charge in [0, 0.05) is 24.1 Å². The summed E-state index contributed by atoms with van der Waals surface area (Å²) < 4.78 is 20.4. The van der Waals surface area contributed by atoms with Gasteiger partial charge < -0.3 is 4.74 Å². The predicted molar refractivity (Wildman–Crippen MR) is 89.0 cm³/mol. The topological polar surface area (TPSA) is 70.2 Å². The Labute approximate surface area is 142 Å². The average Bonchev–Trinajstić information content (AvgIpc) is 3.23. The second-order valence-electron chi connectivity index (χ2n) is 5.89. The van der Waals surface area contributed by atoms with Crippen LogP contribution in [0.3, 0.4) is 0 Å². The summed E-state index contributed by atoms with van der Waals surface area (Å²) in [4.78, 5) is 10.6. The average molecular weight is 339 g/mol. The zero-order valence-corrected chi connectivity index (χ0v) is 13.2. The molecular formula is C18H14FN3O3. The Morgan fingerprint density at radius 2 is 2.20 bits per heavy atom. The molecule has 0 amide bonds. The molecule has 0 radical (unpaired) electrons. The number of ether oxygens (including phenoxy) is 1. The van der Waals surface area contributed by atoms with Gasteiger partial charge in [-0.3, -0.25) is 14.8 Å². The van der Waals surface area contributed by atoms with Gasteiger partial charge in [-0.05, 0) is 22.8 Å². The molecule has 2 heterocycles. The molecule has 0 N–H and O–H groups in total. The summed E-state index contributed by atoms with van der Waals surface area (Å²) in [5.41, 5.74) is 3.55. The van der Waals surface area contributed by atoms with E-state index in [4.69, 9.17) is 4.74 Å². The Balaban J connectivity index is 1.79. The summed E-state index contributed by atoms with van der Waals surface area (Å²) in [5, 5.41) is 15.0. The lowest BCUT2D eigenvalue weighted by atomic mass is 9.97. The molecule has 1 aliphatic heterocycles. The van der Waals surface area contributed by atoms with E-state index in [9.17, 15) is 14.5 Å². The maximum Gasteiger partial charge on any atom is 0.270 e. The number of nitro benzene ring substituents is 1. The third kappa shape index (κ3) is 2.96. The van der Waals surface area contributed by atoms with Crippen molar-refractivity contribution in [2.75, 3.05) is 6.61 Å². The first-order valence-corrected chi connectivity index (χ1v) is 7.81. The molecule has 0 fully saturated rings. The predicted octanol–water partition coefficient (Wildman–Crippen LogP) is 3.58. The molecule has 1 aromatic heterocycles. The summed E-state index contributed by atoms with van der Waals surface area (Å²) in [6, 6.07) is 10.4. The number of non-ortho nitro benzene ring substituents is 1. The summed E-state index contributed by atoms with van der Waals surface area (Å²) in [6.45, 7) is 0.996. The highest BCUT2D eigenvalue weighted by Gasteiger charge is 2.20. The van der Waals surface area contributed by atoms with Gasteiger partial charge >= 0.3 is 0 Å². The minimum absolute atomic E-state index is 0.0313. The smallest absolute Gasteiger partial charge is 0.270 e. The summed E-state index contributed by atoms with van der Waals surface area (Å²) in [5.74, 6) is 0.374. The number of benzene rings is 2. The Hall–Kier alpha value is -3.22. The number of nitro groups is 1. The molecule has 126 valence electrons. The number of hydrogen-bond donors (Lipinski definition) is 0. The van der Waals surface area contributed by atoms with Gasteiger partial charge in [-0.2, -0.15) is 5.10 Å². The first-order chi connectivity index (χ1) is 12.1. The van der Waals surface area contributed by atoms with Crippen LogP contribution in [-0.4, -0.2) is 21.3 Å². The van der Waals surface area contributed by atoms with E-state index in [2.05, 4.69) is 5.10 Å². The first-order valence-electron chi connectivity index (χ1n) is 7.81. The number of hydrogen-bond acceptors (Lipinski definition) is 4. The molecule has 1 aliphatic rings. The summed E-state index contributed by atoms with van der Waals surface area (Å²) in [7, 11) is 0. The number of nitrogens with zero attached hydrogens (tertiary/aromatic N) is 3. The SMILES string of the molecule is O=[N+]([O-])c1cccc(-c2cc(Cn3cc(F)cn3)cc3c2OCC3)c1. The Bertz CT molecular complexity index is 968. The van der Waals surface area contributed by atoms with Crippen molar-refractivity contribution in [2.45, 2.75) is 13.0 Å². The molecule has 0 saturated heterocycles. The van der Waals surface area contributed by atoms with E-state index in [1.807, 2.05) is 18.2 Å². The van der Waals surface area contributed by atoms with Crippen LogP contribution >= 0.6 is 0 Å². The van der Waals surface area contributed by atoms with E-state index in [0.29, 0.717) is 13.2 Å². The fraction of sp³-hybridized carbons (Fsp3) is 0.167. The van der Waals surface area contributed by atoms with Gasteiger partial charge in [-0.1, -0.05) is 18.2 Å². The van der Waals surface area contributed by atoms with Crippen LogP contribution < -0.4 is 4.74 Å². The van der Waals surface area contributed by atoms with E-state index in [-0.39, 0.29) is 11.5 Å². The normalized spacial score (nSPS) is 12.7. The van der Waals surface area contributed by atoms with E-state index < -0.39 is 4.92 Å². The Kier molecular flexibility index (Phi) is 3.68. The maximum atomic E-state index is 13.1. The van der Waals surface area contributed by atoms with Gasteiger partial charge in [0.2, 0.25) is 0 Å². The second kappa shape index (κ2) is 6.01. The lowest BCUT2D eigenvalue weighted by molar-refractivity contribution is -0.384. The molecule has 0 saturated carbocycles. The van der Waals surface area contributed by atoms with Crippen molar-refractivity contribution in [3.8, 4) is 16.9 Å². The minimum atomic E-state index is -0.416. The molecule has 0 spiro atoms. The van der Waals surface area contributed by atoms with Crippen molar-refractivity contribution < 1.29 is 14.1 Å². The molecular weight excluding hydrogens is 325 g/mol. The van der Waals surface area contributed by atoms with Gasteiger partial charge in [-0.15, -0.1) is 0 Å². The maximum absolute atomic E-state index is 13.1. The van der Waals surface area contributed by atoms with Crippen molar-refractivity contribution in [1.82, 2.24) is 9.78 Å². The van der Waals surface area contributed by atoms with Gasteiger partial charge in [0.1, 0.15) is 5.75 Å². The fourth-order valence-corrected chi connectivity index (χ4v) is 3.08. The van der Waals surface area contributed by atoms with Crippen molar-refractivity contribution in [3.63, 3.8) is 0 Å². The van der Waals surface area contributed by atoms with Gasteiger partial charge in [0.25, 0.3) is 5.69 Å². The molecule has 6 nitrogen and oxygen atoms in total. The molecule has 3 aromatic rings. The minimum Gasteiger partial charge on any atom is -0.492 e. The molecule has 2 aromatic carbocycles. The number of aromatic nitrogens is 2. The van der Waals surface area contributed by atoms with Crippen LogP contribution in [-0.2, 0) is 13.0 Å². The quantitative estimate of drug-likeness (QED) is 0.538. The number of rotatable bonds is 4. The molecule has 0 unspecified atom stereocenters. The number of fused-ring (bicyclic) bond motifs is 1. The monoisotopic (exact) mass is 339 g/mol. The van der Waals surface area contributed by atoms with E-state index in [1.54, 1.807) is 6.07 Å². The second-order valence-corrected chi connectivity index (χ2v) is 5.89. The van der Waals surface area contributed by atoms with Crippen LogP contribution in [0.4, 0.5) is 10.1 Å². The van der Waals surface area contributed by atoms with Crippen LogP contribution in [0.5, 0.6) is 5.75 Å². The van der Waals surface area contributed by atoms with Crippen LogP contribution in [0.1, 0.15) is 11.1 Å². The van der Waals surface area contributed by atoms with Crippen molar-refractivity contribution in [2.24, 2.45) is 0 Å². The lowest BCUT2D eigenvalue weighted by Crippen LogP contribution is -2.01. The first kappa shape index (κ1) is 15.3. The van der Waals surface area contributed by atoms with Crippen LogP contribution in [0.2, 0.25) is 0 Å². The highest BCUT2D eigenvalue weighted by atomic mass is 19.1. The zero-order chi connectivity index (χ0) is 17.4. The molecule has 7 heteroatoms. The molecule has 0 bridgehead atoms. The highest BCUT2D eigenvalue weighted by molar-refractivity contribution is 5.75. The van der Waals surface area contributed by atoms with Crippen LogP contribution in [0.25, 0.3) is 11.1 Å². The molecule has 0 atom stereocenters. The molecule has 0 aliphatic carbocycles. The van der Waals surface area contributed by atoms with Crippen molar-refractivity contribution in [3.05, 3.63) is 75.9 Å².